The molecule has 0 saturated heterocycles. The third-order valence-electron chi connectivity index (χ3n) is 1.13. The molecule has 0 saturated carbocycles. The molecule has 0 aromatic carbocycles. The van der Waals surface area contributed by atoms with Crippen LogP contribution < -0.4 is 5.43 Å². The van der Waals surface area contributed by atoms with Gasteiger partial charge in [-0.05, 0) is 12.1 Å². The smallest absolute Gasteiger partial charge is 0.280 e. The summed E-state index contributed by atoms with van der Waals surface area (Å²) in [6, 6.07) is 0. The lowest BCUT2D eigenvalue weighted by molar-refractivity contribution is 0.402. The van der Waals surface area contributed by atoms with Crippen LogP contribution in [-0.2, 0) is 0 Å². The minimum Gasteiger partial charge on any atom is -0.332 e. The monoisotopic (exact) mass is 150 g/mol. The summed E-state index contributed by atoms with van der Waals surface area (Å²) in [6.07, 6.45) is 1.47. The van der Waals surface area contributed by atoms with Crippen molar-refractivity contribution in [3.63, 3.8) is 0 Å². The van der Waals surface area contributed by atoms with Crippen molar-refractivity contribution in [2.45, 2.75) is 6.92 Å². The van der Waals surface area contributed by atoms with Crippen LogP contribution >= 0.6 is 0 Å². The van der Waals surface area contributed by atoms with Crippen molar-refractivity contribution in [1.29, 1.82) is 0 Å². The molecule has 0 N–H and O–H groups in total. The van der Waals surface area contributed by atoms with Crippen molar-refractivity contribution in [1.82, 2.24) is 15.6 Å². The van der Waals surface area contributed by atoms with Gasteiger partial charge < -0.3 is 4.52 Å². The number of nitrogens with zero attached hydrogens (tertiary/aromatic N) is 5. The van der Waals surface area contributed by atoms with Crippen LogP contribution in [0.1, 0.15) is 11.7 Å². The van der Waals surface area contributed by atoms with Crippen molar-refractivity contribution in [3.05, 3.63) is 17.9 Å². The summed E-state index contributed by atoms with van der Waals surface area (Å²) in [4.78, 5) is 3.93. The second kappa shape index (κ2) is 2.15. The van der Waals surface area contributed by atoms with E-state index in [2.05, 4.69) is 25.9 Å². The van der Waals surface area contributed by atoms with Crippen LogP contribution in [0.3, 0.4) is 0 Å². The van der Waals surface area contributed by atoms with E-state index >= 15 is 0 Å². The minimum atomic E-state index is 0.354. The van der Waals surface area contributed by atoms with E-state index in [1.807, 2.05) is 0 Å². The third kappa shape index (κ3) is 0.977. The highest BCUT2D eigenvalue weighted by Crippen LogP contribution is 2.15. The van der Waals surface area contributed by atoms with Gasteiger partial charge in [0.2, 0.25) is 0 Å². The van der Waals surface area contributed by atoms with Crippen molar-refractivity contribution in [2.24, 2.45) is 10.3 Å². The van der Waals surface area contributed by atoms with E-state index in [1.54, 1.807) is 6.92 Å². The first kappa shape index (κ1) is 6.02. The van der Waals surface area contributed by atoms with Crippen LogP contribution in [0.4, 0.5) is 0 Å². The summed E-state index contributed by atoms with van der Waals surface area (Å²) in [5.74, 6) is 0.926. The molecule has 2 rings (SSSR count). The van der Waals surface area contributed by atoms with Crippen LogP contribution in [0.25, 0.3) is 5.70 Å². The molecule has 1 aliphatic rings. The number of rotatable bonds is 1. The molecule has 0 spiro atoms. The molecule has 1 aromatic rings. The Kier molecular flexibility index (Phi) is 1.18. The fourth-order valence-corrected chi connectivity index (χ4v) is 0.679. The molecule has 0 fully saturated rings. The summed E-state index contributed by atoms with van der Waals surface area (Å²) in [7, 11) is 0. The Morgan fingerprint density at radius 3 is 2.91 bits per heavy atom. The predicted molar refractivity (Wildman–Crippen MR) is 34.0 cm³/mol. The van der Waals surface area contributed by atoms with Gasteiger partial charge in [-0.25, -0.2) is 0 Å². The quantitative estimate of drug-likeness (QED) is 0.589. The molecule has 0 aliphatic carbocycles. The van der Waals surface area contributed by atoms with Gasteiger partial charge in [0.1, 0.15) is 0 Å². The van der Waals surface area contributed by atoms with Gasteiger partial charge >= 0.3 is 0 Å². The largest absolute Gasteiger partial charge is 0.332 e. The second-order valence-electron chi connectivity index (χ2n) is 1.97. The number of hydrogen-bond donors (Lipinski definition) is 0. The highest BCUT2D eigenvalue weighted by Gasteiger charge is 2.11. The Morgan fingerprint density at radius 1 is 1.45 bits per heavy atom. The molecular formula is C5H4N5O. The number of aryl methyl sites for hydroxylation is 1. The second-order valence-corrected chi connectivity index (χ2v) is 1.97. The average molecular weight is 150 g/mol. The topological polar surface area (TPSA) is 77.7 Å². The van der Waals surface area contributed by atoms with E-state index in [-0.39, 0.29) is 0 Å². The molecule has 2 heterocycles. The number of aromatic nitrogens is 2. The highest BCUT2D eigenvalue weighted by molar-refractivity contribution is 5.56. The zero-order chi connectivity index (χ0) is 7.68. The van der Waals surface area contributed by atoms with E-state index in [1.165, 1.54) is 6.20 Å². The summed E-state index contributed by atoms with van der Waals surface area (Å²) in [6.45, 7) is 1.73. The van der Waals surface area contributed by atoms with Gasteiger partial charge in [-0.2, -0.15) is 4.98 Å². The maximum absolute atomic E-state index is 4.81. The van der Waals surface area contributed by atoms with Gasteiger partial charge in [0.25, 0.3) is 5.89 Å². The normalized spacial score (nSPS) is 14.8. The summed E-state index contributed by atoms with van der Waals surface area (Å²) in [5.41, 5.74) is 4.02. The van der Waals surface area contributed by atoms with Gasteiger partial charge in [-0.3, -0.25) is 0 Å². The van der Waals surface area contributed by atoms with E-state index in [0.29, 0.717) is 17.4 Å². The molecular weight excluding hydrogens is 146 g/mol. The van der Waals surface area contributed by atoms with Crippen molar-refractivity contribution in [2.75, 3.05) is 0 Å². The van der Waals surface area contributed by atoms with Crippen LogP contribution in [0.15, 0.2) is 21.1 Å². The fourth-order valence-electron chi connectivity index (χ4n) is 0.679. The Bertz CT molecular complexity index is 325. The molecule has 55 valence electrons. The molecule has 0 bridgehead atoms. The first-order chi connectivity index (χ1) is 5.36. The highest BCUT2D eigenvalue weighted by atomic mass is 16.5. The molecule has 0 amide bonds. The van der Waals surface area contributed by atoms with Gasteiger partial charge in [-0.1, -0.05) is 5.16 Å². The average Bonchev–Trinajstić information content (AvgIpc) is 2.55. The van der Waals surface area contributed by atoms with E-state index in [4.69, 9.17) is 4.52 Å². The maximum atomic E-state index is 4.81. The molecule has 1 aromatic heterocycles. The number of hydrogen-bond acceptors (Lipinski definition) is 5. The lowest BCUT2D eigenvalue weighted by atomic mass is 10.5. The lowest BCUT2D eigenvalue weighted by Gasteiger charge is -1.80. The van der Waals surface area contributed by atoms with Crippen molar-refractivity contribution >= 4 is 5.70 Å². The molecule has 11 heavy (non-hydrogen) atoms. The molecule has 1 radical (unpaired) electrons. The molecule has 0 atom stereocenters. The first-order valence-electron chi connectivity index (χ1n) is 2.98. The Morgan fingerprint density at radius 2 is 2.36 bits per heavy atom. The van der Waals surface area contributed by atoms with Crippen molar-refractivity contribution in [3.8, 4) is 0 Å². The summed E-state index contributed by atoms with van der Waals surface area (Å²) in [5, 5.41) is 10.6. The van der Waals surface area contributed by atoms with Gasteiger partial charge in [-0.15, -0.1) is 10.5 Å². The summed E-state index contributed by atoms with van der Waals surface area (Å²) < 4.78 is 4.81. The molecule has 1 aliphatic heterocycles. The van der Waals surface area contributed by atoms with Crippen LogP contribution in [0, 0.1) is 6.92 Å². The Labute approximate surface area is 62.0 Å². The molecule has 6 heteroatoms. The molecule has 6 nitrogen and oxygen atoms in total. The van der Waals surface area contributed by atoms with Gasteiger partial charge in [0.05, 0.1) is 6.20 Å². The van der Waals surface area contributed by atoms with E-state index in [0.717, 1.165) is 0 Å². The summed E-state index contributed by atoms with van der Waals surface area (Å²) >= 11 is 0. The van der Waals surface area contributed by atoms with E-state index < -0.39 is 0 Å². The Hall–Kier alpha value is -1.72. The molecule has 0 unspecified atom stereocenters. The third-order valence-corrected chi connectivity index (χ3v) is 1.13. The zero-order valence-electron chi connectivity index (χ0n) is 5.72. The van der Waals surface area contributed by atoms with Crippen molar-refractivity contribution < 1.29 is 4.52 Å². The first-order valence-corrected chi connectivity index (χ1v) is 2.98. The standard InChI is InChI=1S/C5H4N5O/c1-3-7-5(11-9-3)4-2-6-10-8-4/h2H,1H3. The predicted octanol–water partition coefficient (Wildman–Crippen LogP) is 0.662. The maximum Gasteiger partial charge on any atom is 0.280 e. The fraction of sp³-hybridized carbons (Fsp3) is 0.200. The van der Waals surface area contributed by atoms with Crippen LogP contribution in [0.5, 0.6) is 0 Å². The van der Waals surface area contributed by atoms with Gasteiger partial charge in [0.15, 0.2) is 11.5 Å². The zero-order valence-corrected chi connectivity index (χ0v) is 5.72. The lowest BCUT2D eigenvalue weighted by Crippen LogP contribution is -1.79. The van der Waals surface area contributed by atoms with Crippen LogP contribution in [0.2, 0.25) is 0 Å². The van der Waals surface area contributed by atoms with E-state index in [9.17, 15) is 0 Å². The minimum absolute atomic E-state index is 0.354. The van der Waals surface area contributed by atoms with Gasteiger partial charge in [0, 0.05) is 0 Å². The SMILES string of the molecule is Cc1noc(C2=C[N]N=N2)n1. The van der Waals surface area contributed by atoms with Crippen LogP contribution in [-0.4, -0.2) is 10.1 Å². The Balaban J connectivity index is 2.36.